The van der Waals surface area contributed by atoms with Crippen LogP contribution in [-0.4, -0.2) is 23.9 Å². The SMILES string of the molecule is Cc1cc(C)c(C=NOCC(=O)O)c(C)c1. The van der Waals surface area contributed by atoms with E-state index >= 15 is 0 Å². The molecule has 1 aromatic rings. The molecule has 0 bridgehead atoms. The van der Waals surface area contributed by atoms with E-state index in [9.17, 15) is 4.79 Å². The Balaban J connectivity index is 2.77. The van der Waals surface area contributed by atoms with Crippen molar-refractivity contribution in [3.63, 3.8) is 0 Å². The molecule has 0 heterocycles. The van der Waals surface area contributed by atoms with Gasteiger partial charge in [-0.2, -0.15) is 0 Å². The lowest BCUT2D eigenvalue weighted by molar-refractivity contribution is -0.142. The highest BCUT2D eigenvalue weighted by molar-refractivity contribution is 5.83. The Hall–Kier alpha value is -1.84. The number of carboxylic acids is 1. The summed E-state index contributed by atoms with van der Waals surface area (Å²) >= 11 is 0. The second-order valence-corrected chi connectivity index (χ2v) is 3.71. The molecule has 0 spiro atoms. The monoisotopic (exact) mass is 221 g/mol. The van der Waals surface area contributed by atoms with Crippen LogP contribution in [0.3, 0.4) is 0 Å². The van der Waals surface area contributed by atoms with E-state index in [2.05, 4.69) is 9.99 Å². The molecule has 0 saturated carbocycles. The fraction of sp³-hybridized carbons (Fsp3) is 0.333. The maximum atomic E-state index is 10.2. The molecule has 0 fully saturated rings. The predicted molar refractivity (Wildman–Crippen MR) is 61.8 cm³/mol. The molecule has 0 aromatic heterocycles. The zero-order valence-corrected chi connectivity index (χ0v) is 9.65. The van der Waals surface area contributed by atoms with E-state index in [-0.39, 0.29) is 0 Å². The van der Waals surface area contributed by atoms with Gasteiger partial charge in [0.1, 0.15) is 0 Å². The van der Waals surface area contributed by atoms with Crippen molar-refractivity contribution < 1.29 is 14.7 Å². The van der Waals surface area contributed by atoms with Gasteiger partial charge in [-0.05, 0) is 31.9 Å². The molecule has 16 heavy (non-hydrogen) atoms. The molecule has 0 radical (unpaired) electrons. The number of rotatable bonds is 4. The average Bonchev–Trinajstić information content (AvgIpc) is 2.14. The molecular formula is C12H15NO3. The number of carbonyl (C=O) groups is 1. The van der Waals surface area contributed by atoms with E-state index in [4.69, 9.17) is 5.11 Å². The van der Waals surface area contributed by atoms with Crippen LogP contribution in [0.1, 0.15) is 22.3 Å². The van der Waals surface area contributed by atoms with Crippen LogP contribution in [0.5, 0.6) is 0 Å². The van der Waals surface area contributed by atoms with E-state index in [0.717, 1.165) is 16.7 Å². The molecule has 86 valence electrons. The van der Waals surface area contributed by atoms with E-state index in [0.29, 0.717) is 0 Å². The minimum absolute atomic E-state index is 0.416. The summed E-state index contributed by atoms with van der Waals surface area (Å²) in [7, 11) is 0. The highest BCUT2D eigenvalue weighted by Gasteiger charge is 2.01. The third kappa shape index (κ3) is 3.38. The van der Waals surface area contributed by atoms with Crippen LogP contribution in [0.25, 0.3) is 0 Å². The number of hydrogen-bond donors (Lipinski definition) is 1. The Labute approximate surface area is 94.5 Å². The first-order valence-electron chi connectivity index (χ1n) is 4.95. The van der Waals surface area contributed by atoms with Gasteiger partial charge in [0.25, 0.3) is 0 Å². The Morgan fingerprint density at radius 2 is 1.94 bits per heavy atom. The zero-order chi connectivity index (χ0) is 12.1. The van der Waals surface area contributed by atoms with Crippen LogP contribution >= 0.6 is 0 Å². The van der Waals surface area contributed by atoms with Crippen molar-refractivity contribution in [2.75, 3.05) is 6.61 Å². The number of hydrogen-bond acceptors (Lipinski definition) is 3. The molecule has 0 saturated heterocycles. The molecule has 0 atom stereocenters. The molecule has 4 heteroatoms. The fourth-order valence-electron chi connectivity index (χ4n) is 1.58. The van der Waals surface area contributed by atoms with Gasteiger partial charge in [0.05, 0.1) is 6.21 Å². The van der Waals surface area contributed by atoms with Crippen molar-refractivity contribution >= 4 is 12.2 Å². The highest BCUT2D eigenvalue weighted by Crippen LogP contribution is 2.14. The zero-order valence-electron chi connectivity index (χ0n) is 9.65. The number of aryl methyl sites for hydroxylation is 3. The summed E-state index contributed by atoms with van der Waals surface area (Å²) in [5.41, 5.74) is 4.36. The van der Waals surface area contributed by atoms with Crippen LogP contribution in [0, 0.1) is 20.8 Å². The molecule has 0 aliphatic carbocycles. The second kappa shape index (κ2) is 5.30. The van der Waals surface area contributed by atoms with E-state index in [1.807, 2.05) is 32.9 Å². The summed E-state index contributed by atoms with van der Waals surface area (Å²) in [5, 5.41) is 12.0. The molecule has 1 rings (SSSR count). The highest BCUT2D eigenvalue weighted by atomic mass is 16.6. The maximum Gasteiger partial charge on any atom is 0.344 e. The Kier molecular flexibility index (Phi) is 4.05. The van der Waals surface area contributed by atoms with Crippen molar-refractivity contribution in [2.45, 2.75) is 20.8 Å². The summed E-state index contributed by atoms with van der Waals surface area (Å²) in [5.74, 6) is -1.03. The van der Waals surface area contributed by atoms with Crippen molar-refractivity contribution in [1.29, 1.82) is 0 Å². The van der Waals surface area contributed by atoms with Crippen molar-refractivity contribution in [2.24, 2.45) is 5.16 Å². The Morgan fingerprint density at radius 3 is 2.44 bits per heavy atom. The predicted octanol–water partition coefficient (Wildman–Crippen LogP) is 2.05. The molecular weight excluding hydrogens is 206 g/mol. The Morgan fingerprint density at radius 1 is 1.38 bits per heavy atom. The van der Waals surface area contributed by atoms with Gasteiger partial charge in [0, 0.05) is 5.56 Å². The topological polar surface area (TPSA) is 58.9 Å². The van der Waals surface area contributed by atoms with E-state index < -0.39 is 12.6 Å². The number of nitrogens with zero attached hydrogens (tertiary/aromatic N) is 1. The summed E-state index contributed by atoms with van der Waals surface area (Å²) in [6.07, 6.45) is 1.55. The first-order valence-corrected chi connectivity index (χ1v) is 4.95. The van der Waals surface area contributed by atoms with Gasteiger partial charge in [0.15, 0.2) is 0 Å². The summed E-state index contributed by atoms with van der Waals surface area (Å²) in [4.78, 5) is 14.8. The van der Waals surface area contributed by atoms with E-state index in [1.54, 1.807) is 6.21 Å². The van der Waals surface area contributed by atoms with Gasteiger partial charge in [-0.3, -0.25) is 0 Å². The van der Waals surface area contributed by atoms with Gasteiger partial charge in [-0.25, -0.2) is 4.79 Å². The number of aliphatic carboxylic acids is 1. The fourth-order valence-corrected chi connectivity index (χ4v) is 1.58. The van der Waals surface area contributed by atoms with Gasteiger partial charge in [-0.15, -0.1) is 0 Å². The minimum Gasteiger partial charge on any atom is -0.479 e. The third-order valence-electron chi connectivity index (χ3n) is 2.18. The van der Waals surface area contributed by atoms with Gasteiger partial charge >= 0.3 is 5.97 Å². The standard InChI is InChI=1S/C12H15NO3/c1-8-4-9(2)11(10(3)5-8)6-13-16-7-12(14)15/h4-6H,7H2,1-3H3,(H,14,15). The lowest BCUT2D eigenvalue weighted by Crippen LogP contribution is -2.03. The quantitative estimate of drug-likeness (QED) is 0.625. The van der Waals surface area contributed by atoms with Crippen LogP contribution in [-0.2, 0) is 9.63 Å². The summed E-state index contributed by atoms with van der Waals surface area (Å²) in [6.45, 7) is 5.58. The number of benzene rings is 1. The molecule has 0 unspecified atom stereocenters. The van der Waals surface area contributed by atoms with Gasteiger partial charge < -0.3 is 9.94 Å². The van der Waals surface area contributed by atoms with Crippen LogP contribution in [0.4, 0.5) is 0 Å². The van der Waals surface area contributed by atoms with Gasteiger partial charge in [0.2, 0.25) is 6.61 Å². The van der Waals surface area contributed by atoms with Crippen LogP contribution in [0.2, 0.25) is 0 Å². The maximum absolute atomic E-state index is 10.2. The normalized spacial score (nSPS) is 10.7. The molecule has 0 amide bonds. The molecule has 1 aromatic carbocycles. The van der Waals surface area contributed by atoms with Gasteiger partial charge in [-0.1, -0.05) is 22.9 Å². The van der Waals surface area contributed by atoms with Crippen molar-refractivity contribution in [3.05, 3.63) is 34.4 Å². The second-order valence-electron chi connectivity index (χ2n) is 3.71. The Bertz CT molecular complexity index is 401. The first kappa shape index (κ1) is 12.2. The molecule has 1 N–H and O–H groups in total. The van der Waals surface area contributed by atoms with Crippen molar-refractivity contribution in [3.8, 4) is 0 Å². The first-order chi connectivity index (χ1) is 7.50. The summed E-state index contributed by atoms with van der Waals surface area (Å²) < 4.78 is 0. The van der Waals surface area contributed by atoms with Crippen LogP contribution < -0.4 is 0 Å². The lowest BCUT2D eigenvalue weighted by Gasteiger charge is -2.05. The smallest absolute Gasteiger partial charge is 0.344 e. The average molecular weight is 221 g/mol. The largest absolute Gasteiger partial charge is 0.479 e. The number of carboxylic acid groups (broad SMARTS) is 1. The number of oxime groups is 1. The minimum atomic E-state index is -1.03. The third-order valence-corrected chi connectivity index (χ3v) is 2.18. The van der Waals surface area contributed by atoms with Crippen LogP contribution in [0.15, 0.2) is 17.3 Å². The molecule has 0 aliphatic heterocycles. The summed E-state index contributed by atoms with van der Waals surface area (Å²) in [6, 6.07) is 4.09. The molecule has 4 nitrogen and oxygen atoms in total. The lowest BCUT2D eigenvalue weighted by atomic mass is 10.0. The van der Waals surface area contributed by atoms with E-state index in [1.165, 1.54) is 5.56 Å². The van der Waals surface area contributed by atoms with Crippen molar-refractivity contribution in [1.82, 2.24) is 0 Å². The molecule has 0 aliphatic rings.